The van der Waals surface area contributed by atoms with E-state index < -0.39 is 0 Å². The van der Waals surface area contributed by atoms with Crippen molar-refractivity contribution in [3.63, 3.8) is 0 Å². The molecule has 1 saturated carbocycles. The highest BCUT2D eigenvalue weighted by Crippen LogP contribution is 2.17. The summed E-state index contributed by atoms with van der Waals surface area (Å²) in [5.41, 5.74) is 1.40. The molecule has 0 aromatic rings. The van der Waals surface area contributed by atoms with Crippen molar-refractivity contribution in [2.45, 2.75) is 32.7 Å². The number of allylic oxidation sites excluding steroid dienone is 1. The van der Waals surface area contributed by atoms with Gasteiger partial charge in [0, 0.05) is 25.7 Å². The maximum Gasteiger partial charge on any atom is 0.0163 e. The Bertz CT molecular complexity index is 167. The van der Waals surface area contributed by atoms with Gasteiger partial charge in [-0.25, -0.2) is 0 Å². The summed E-state index contributed by atoms with van der Waals surface area (Å²) in [6.45, 7) is 7.67. The minimum atomic E-state index is 0.844. The van der Waals surface area contributed by atoms with Crippen molar-refractivity contribution in [2.24, 2.45) is 0 Å². The molecule has 1 fully saturated rings. The molecule has 0 amide bonds. The van der Waals surface area contributed by atoms with Gasteiger partial charge in [-0.1, -0.05) is 11.6 Å². The molecule has 0 heterocycles. The molecule has 0 bridgehead atoms. The second-order valence-corrected chi connectivity index (χ2v) is 4.27. The molecule has 0 aliphatic heterocycles. The Morgan fingerprint density at radius 1 is 1.46 bits per heavy atom. The lowest BCUT2D eigenvalue weighted by Gasteiger charge is -2.14. The SMILES string of the molecule is CC(C)=CCN(C)CCNC1CC1. The molecule has 2 heteroatoms. The van der Waals surface area contributed by atoms with Crippen LogP contribution in [0.1, 0.15) is 26.7 Å². The Labute approximate surface area is 82.0 Å². The summed E-state index contributed by atoms with van der Waals surface area (Å²) < 4.78 is 0. The summed E-state index contributed by atoms with van der Waals surface area (Å²) in [5, 5.41) is 3.51. The standard InChI is InChI=1S/C11H22N2/c1-10(2)6-8-13(3)9-7-12-11-4-5-11/h6,11-12H,4-5,7-9H2,1-3H3. The van der Waals surface area contributed by atoms with E-state index in [9.17, 15) is 0 Å². The molecule has 0 saturated heterocycles. The van der Waals surface area contributed by atoms with E-state index in [0.717, 1.165) is 25.7 Å². The van der Waals surface area contributed by atoms with Crippen LogP contribution in [0.4, 0.5) is 0 Å². The fourth-order valence-corrected chi connectivity index (χ4v) is 1.18. The van der Waals surface area contributed by atoms with Crippen molar-refractivity contribution < 1.29 is 0 Å². The van der Waals surface area contributed by atoms with Crippen LogP contribution in [0, 0.1) is 0 Å². The first-order chi connectivity index (χ1) is 6.18. The smallest absolute Gasteiger partial charge is 0.0163 e. The van der Waals surface area contributed by atoms with Crippen LogP contribution >= 0.6 is 0 Å². The number of hydrogen-bond donors (Lipinski definition) is 1. The highest BCUT2D eigenvalue weighted by Gasteiger charge is 2.19. The van der Waals surface area contributed by atoms with Gasteiger partial charge in [0.15, 0.2) is 0 Å². The van der Waals surface area contributed by atoms with Gasteiger partial charge in [0.25, 0.3) is 0 Å². The van der Waals surface area contributed by atoms with Crippen molar-refractivity contribution in [1.82, 2.24) is 10.2 Å². The fourth-order valence-electron chi connectivity index (χ4n) is 1.18. The lowest BCUT2D eigenvalue weighted by atomic mass is 10.3. The van der Waals surface area contributed by atoms with Gasteiger partial charge in [0.2, 0.25) is 0 Å². The molecule has 0 radical (unpaired) electrons. The van der Waals surface area contributed by atoms with Gasteiger partial charge >= 0.3 is 0 Å². The van der Waals surface area contributed by atoms with Crippen LogP contribution in [-0.2, 0) is 0 Å². The summed E-state index contributed by atoms with van der Waals surface area (Å²) in [6.07, 6.45) is 5.05. The zero-order valence-electron chi connectivity index (χ0n) is 9.14. The number of hydrogen-bond acceptors (Lipinski definition) is 2. The molecule has 1 N–H and O–H groups in total. The normalized spacial score (nSPS) is 16.3. The van der Waals surface area contributed by atoms with Crippen molar-refractivity contribution in [2.75, 3.05) is 26.7 Å². The molecule has 76 valence electrons. The molecule has 0 spiro atoms. The van der Waals surface area contributed by atoms with Crippen LogP contribution in [0.25, 0.3) is 0 Å². The van der Waals surface area contributed by atoms with Crippen LogP contribution in [0.15, 0.2) is 11.6 Å². The molecule has 0 atom stereocenters. The third-order valence-corrected chi connectivity index (χ3v) is 2.32. The predicted molar refractivity (Wildman–Crippen MR) is 58.0 cm³/mol. The van der Waals surface area contributed by atoms with Gasteiger partial charge in [0.05, 0.1) is 0 Å². The minimum Gasteiger partial charge on any atom is -0.313 e. The van der Waals surface area contributed by atoms with Crippen molar-refractivity contribution in [3.8, 4) is 0 Å². The van der Waals surface area contributed by atoms with Crippen molar-refractivity contribution in [1.29, 1.82) is 0 Å². The van der Waals surface area contributed by atoms with Gasteiger partial charge in [-0.05, 0) is 33.7 Å². The van der Waals surface area contributed by atoms with Gasteiger partial charge in [-0.2, -0.15) is 0 Å². The maximum absolute atomic E-state index is 3.51. The summed E-state index contributed by atoms with van der Waals surface area (Å²) >= 11 is 0. The quantitative estimate of drug-likeness (QED) is 0.628. The second kappa shape index (κ2) is 5.40. The van der Waals surface area contributed by atoms with Crippen LogP contribution in [-0.4, -0.2) is 37.6 Å². The first-order valence-corrected chi connectivity index (χ1v) is 5.24. The Morgan fingerprint density at radius 3 is 2.69 bits per heavy atom. The lowest BCUT2D eigenvalue weighted by molar-refractivity contribution is 0.364. The monoisotopic (exact) mass is 182 g/mol. The van der Waals surface area contributed by atoms with E-state index in [1.54, 1.807) is 0 Å². The molecular weight excluding hydrogens is 160 g/mol. The molecule has 0 unspecified atom stereocenters. The van der Waals surface area contributed by atoms with Gasteiger partial charge in [-0.15, -0.1) is 0 Å². The Morgan fingerprint density at radius 2 is 2.15 bits per heavy atom. The molecular formula is C11H22N2. The zero-order valence-corrected chi connectivity index (χ0v) is 9.14. The van der Waals surface area contributed by atoms with Crippen LogP contribution in [0.5, 0.6) is 0 Å². The molecule has 1 rings (SSSR count). The summed E-state index contributed by atoms with van der Waals surface area (Å²) in [4.78, 5) is 2.35. The Balaban J connectivity index is 1.96. The summed E-state index contributed by atoms with van der Waals surface area (Å²) in [6, 6.07) is 0.844. The third-order valence-electron chi connectivity index (χ3n) is 2.32. The topological polar surface area (TPSA) is 15.3 Å². The number of nitrogens with zero attached hydrogens (tertiary/aromatic N) is 1. The highest BCUT2D eigenvalue weighted by molar-refractivity contribution is 4.94. The lowest BCUT2D eigenvalue weighted by Crippen LogP contribution is -2.30. The molecule has 0 aromatic heterocycles. The van der Waals surface area contributed by atoms with E-state index in [-0.39, 0.29) is 0 Å². The minimum absolute atomic E-state index is 0.844. The number of nitrogens with one attached hydrogen (secondary N) is 1. The van der Waals surface area contributed by atoms with E-state index >= 15 is 0 Å². The molecule has 13 heavy (non-hydrogen) atoms. The molecule has 1 aliphatic carbocycles. The second-order valence-electron chi connectivity index (χ2n) is 4.27. The Kier molecular flexibility index (Phi) is 4.46. The van der Waals surface area contributed by atoms with Crippen molar-refractivity contribution in [3.05, 3.63) is 11.6 Å². The van der Waals surface area contributed by atoms with E-state index in [1.165, 1.54) is 18.4 Å². The largest absolute Gasteiger partial charge is 0.313 e. The highest BCUT2D eigenvalue weighted by atomic mass is 15.1. The van der Waals surface area contributed by atoms with E-state index in [0.29, 0.717) is 0 Å². The zero-order chi connectivity index (χ0) is 9.68. The molecule has 1 aliphatic rings. The van der Waals surface area contributed by atoms with Gasteiger partial charge in [-0.3, -0.25) is 0 Å². The van der Waals surface area contributed by atoms with E-state index in [1.807, 2.05) is 0 Å². The first-order valence-electron chi connectivity index (χ1n) is 5.24. The van der Waals surface area contributed by atoms with E-state index in [4.69, 9.17) is 0 Å². The third kappa shape index (κ3) is 5.83. The average Bonchev–Trinajstić information content (AvgIpc) is 2.84. The van der Waals surface area contributed by atoms with Gasteiger partial charge in [0.1, 0.15) is 0 Å². The average molecular weight is 182 g/mol. The maximum atomic E-state index is 3.51. The fraction of sp³-hybridized carbons (Fsp3) is 0.818. The van der Waals surface area contributed by atoms with Gasteiger partial charge < -0.3 is 10.2 Å². The molecule has 0 aromatic carbocycles. The summed E-state index contributed by atoms with van der Waals surface area (Å²) in [5.74, 6) is 0. The van der Waals surface area contributed by atoms with Crippen molar-refractivity contribution >= 4 is 0 Å². The number of likely N-dealkylation sites (N-methyl/N-ethyl adjacent to an activating group) is 1. The first kappa shape index (κ1) is 10.7. The Hall–Kier alpha value is -0.340. The number of rotatable bonds is 6. The van der Waals surface area contributed by atoms with Crippen LogP contribution in [0.3, 0.4) is 0 Å². The molecule has 2 nitrogen and oxygen atoms in total. The predicted octanol–water partition coefficient (Wildman–Crippen LogP) is 1.64. The van der Waals surface area contributed by atoms with Crippen LogP contribution < -0.4 is 5.32 Å². The van der Waals surface area contributed by atoms with E-state index in [2.05, 4.69) is 37.2 Å². The van der Waals surface area contributed by atoms with Crippen LogP contribution in [0.2, 0.25) is 0 Å². The summed E-state index contributed by atoms with van der Waals surface area (Å²) in [7, 11) is 2.17.